The highest BCUT2D eigenvalue weighted by atomic mass is 15.3. The molecule has 0 amide bonds. The Hall–Kier alpha value is -1.23. The third-order valence-corrected chi connectivity index (χ3v) is 3.87. The number of hydrogen-bond acceptors (Lipinski definition) is 5. The van der Waals surface area contributed by atoms with E-state index in [0.29, 0.717) is 11.8 Å². The summed E-state index contributed by atoms with van der Waals surface area (Å²) in [5.41, 5.74) is 1.90. The van der Waals surface area contributed by atoms with Crippen molar-refractivity contribution in [2.24, 2.45) is 11.8 Å². The van der Waals surface area contributed by atoms with Gasteiger partial charge < -0.3 is 10.2 Å². The van der Waals surface area contributed by atoms with Crippen LogP contribution < -0.4 is 10.2 Å². The zero-order chi connectivity index (χ0) is 14.5. The van der Waals surface area contributed by atoms with Crippen molar-refractivity contribution in [2.45, 2.75) is 40.5 Å². The van der Waals surface area contributed by atoms with Crippen LogP contribution in [0.3, 0.4) is 0 Å². The van der Waals surface area contributed by atoms with E-state index < -0.39 is 0 Å². The van der Waals surface area contributed by atoms with Crippen LogP contribution in [0.4, 0.5) is 5.95 Å². The van der Waals surface area contributed by atoms with Crippen molar-refractivity contribution in [3.05, 3.63) is 11.4 Å². The average Bonchev–Trinajstić information content (AvgIpc) is 2.42. The lowest BCUT2D eigenvalue weighted by atomic mass is 9.98. The summed E-state index contributed by atoms with van der Waals surface area (Å²) in [5, 5.41) is 12.0. The number of piperidine rings is 1. The van der Waals surface area contributed by atoms with Crippen molar-refractivity contribution in [1.29, 1.82) is 0 Å². The maximum atomic E-state index is 4.57. The first kappa shape index (κ1) is 15.2. The van der Waals surface area contributed by atoms with Gasteiger partial charge in [-0.1, -0.05) is 13.8 Å². The van der Waals surface area contributed by atoms with Gasteiger partial charge in [-0.05, 0) is 51.6 Å². The molecular formula is C15H27N5. The van der Waals surface area contributed by atoms with E-state index in [9.17, 15) is 0 Å². The Morgan fingerprint density at radius 1 is 1.25 bits per heavy atom. The summed E-state index contributed by atoms with van der Waals surface area (Å²) in [7, 11) is 0. The lowest BCUT2D eigenvalue weighted by molar-refractivity contribution is 0.379. The largest absolute Gasteiger partial charge is 0.339 e. The molecule has 1 aliphatic rings. The van der Waals surface area contributed by atoms with Gasteiger partial charge in [0.25, 0.3) is 0 Å². The molecule has 0 radical (unpaired) electrons. The van der Waals surface area contributed by atoms with Crippen molar-refractivity contribution >= 4 is 5.95 Å². The molecule has 0 spiro atoms. The number of hydrogen-bond donors (Lipinski definition) is 1. The number of aryl methyl sites for hydroxylation is 2. The number of aromatic nitrogens is 3. The molecule has 1 aromatic rings. The van der Waals surface area contributed by atoms with E-state index in [2.05, 4.69) is 39.2 Å². The van der Waals surface area contributed by atoms with Gasteiger partial charge in [-0.25, -0.2) is 4.98 Å². The van der Waals surface area contributed by atoms with Crippen molar-refractivity contribution in [1.82, 2.24) is 20.5 Å². The molecule has 1 aliphatic heterocycles. The fraction of sp³-hybridized carbons (Fsp3) is 0.800. The van der Waals surface area contributed by atoms with E-state index in [0.717, 1.165) is 43.5 Å². The highest BCUT2D eigenvalue weighted by Crippen LogP contribution is 2.20. The number of nitrogens with zero attached hydrogens (tertiary/aromatic N) is 4. The van der Waals surface area contributed by atoms with E-state index in [1.54, 1.807) is 0 Å². The topological polar surface area (TPSA) is 53.9 Å². The Morgan fingerprint density at radius 2 is 2.05 bits per heavy atom. The molecule has 0 aromatic carbocycles. The van der Waals surface area contributed by atoms with Gasteiger partial charge in [0.1, 0.15) is 0 Å². The molecule has 2 rings (SSSR count). The highest BCUT2D eigenvalue weighted by Gasteiger charge is 2.22. The standard InChI is InChI=1S/C15H27N5/c1-11(2)8-16-9-14-6-5-7-20(10-14)15-17-12(3)13(4)18-19-15/h11,14,16H,5-10H2,1-4H3. The Labute approximate surface area is 122 Å². The van der Waals surface area contributed by atoms with Crippen LogP contribution in [-0.2, 0) is 0 Å². The Bertz CT molecular complexity index is 432. The van der Waals surface area contributed by atoms with Crippen LogP contribution in [0.5, 0.6) is 0 Å². The first-order valence-corrected chi connectivity index (χ1v) is 7.70. The summed E-state index contributed by atoms with van der Waals surface area (Å²) in [5.74, 6) is 2.19. The van der Waals surface area contributed by atoms with Gasteiger partial charge in [0, 0.05) is 13.1 Å². The first-order chi connectivity index (χ1) is 9.56. The van der Waals surface area contributed by atoms with Crippen molar-refractivity contribution in [3.8, 4) is 0 Å². The molecule has 0 aliphatic carbocycles. The quantitative estimate of drug-likeness (QED) is 0.891. The molecule has 1 unspecified atom stereocenters. The average molecular weight is 277 g/mol. The van der Waals surface area contributed by atoms with E-state index in [1.165, 1.54) is 12.8 Å². The fourth-order valence-corrected chi connectivity index (χ4v) is 2.57. The molecule has 112 valence electrons. The lowest BCUT2D eigenvalue weighted by Gasteiger charge is -2.33. The first-order valence-electron chi connectivity index (χ1n) is 7.70. The second kappa shape index (κ2) is 6.97. The third kappa shape index (κ3) is 4.13. The van der Waals surface area contributed by atoms with E-state index in [4.69, 9.17) is 0 Å². The SMILES string of the molecule is Cc1nnc(N2CCCC(CNCC(C)C)C2)nc1C. The van der Waals surface area contributed by atoms with Gasteiger partial charge >= 0.3 is 0 Å². The molecule has 1 atom stereocenters. The number of rotatable bonds is 5. The summed E-state index contributed by atoms with van der Waals surface area (Å²) in [6, 6.07) is 0. The normalized spacial score (nSPS) is 19.6. The van der Waals surface area contributed by atoms with Gasteiger partial charge in [-0.15, -0.1) is 5.10 Å². The predicted octanol–water partition coefficient (Wildman–Crippen LogP) is 1.95. The Kier molecular flexibility index (Phi) is 5.29. The molecule has 5 heteroatoms. The van der Waals surface area contributed by atoms with Crippen LogP contribution in [-0.4, -0.2) is 41.4 Å². The van der Waals surface area contributed by atoms with Crippen LogP contribution in [0.1, 0.15) is 38.1 Å². The Morgan fingerprint density at radius 3 is 2.75 bits per heavy atom. The molecule has 1 aromatic heterocycles. The summed E-state index contributed by atoms with van der Waals surface area (Å²) in [6.45, 7) is 12.7. The minimum absolute atomic E-state index is 0.688. The zero-order valence-corrected chi connectivity index (χ0v) is 13.2. The smallest absolute Gasteiger partial charge is 0.245 e. The monoisotopic (exact) mass is 277 g/mol. The van der Waals surface area contributed by atoms with Crippen LogP contribution >= 0.6 is 0 Å². The molecule has 20 heavy (non-hydrogen) atoms. The second-order valence-electron chi connectivity index (χ2n) is 6.29. The molecule has 5 nitrogen and oxygen atoms in total. The van der Waals surface area contributed by atoms with E-state index in [1.807, 2.05) is 13.8 Å². The minimum Gasteiger partial charge on any atom is -0.339 e. The van der Waals surface area contributed by atoms with Crippen LogP contribution in [0.15, 0.2) is 0 Å². The van der Waals surface area contributed by atoms with Gasteiger partial charge in [-0.3, -0.25) is 0 Å². The molecule has 0 bridgehead atoms. The van der Waals surface area contributed by atoms with E-state index >= 15 is 0 Å². The summed E-state index contributed by atoms with van der Waals surface area (Å²) in [6.07, 6.45) is 2.50. The van der Waals surface area contributed by atoms with Crippen LogP contribution in [0, 0.1) is 25.7 Å². The summed E-state index contributed by atoms with van der Waals surface area (Å²) < 4.78 is 0. The number of anilines is 1. The molecule has 1 fully saturated rings. The van der Waals surface area contributed by atoms with Gasteiger partial charge in [0.15, 0.2) is 0 Å². The van der Waals surface area contributed by atoms with E-state index in [-0.39, 0.29) is 0 Å². The van der Waals surface area contributed by atoms with Crippen LogP contribution in [0.25, 0.3) is 0 Å². The molecule has 1 N–H and O–H groups in total. The minimum atomic E-state index is 0.688. The van der Waals surface area contributed by atoms with Crippen LogP contribution in [0.2, 0.25) is 0 Å². The molecular weight excluding hydrogens is 250 g/mol. The Balaban J connectivity index is 1.90. The maximum absolute atomic E-state index is 4.57. The predicted molar refractivity (Wildman–Crippen MR) is 81.9 cm³/mol. The molecule has 0 saturated carbocycles. The third-order valence-electron chi connectivity index (χ3n) is 3.87. The van der Waals surface area contributed by atoms with Crippen molar-refractivity contribution in [2.75, 3.05) is 31.1 Å². The fourth-order valence-electron chi connectivity index (χ4n) is 2.57. The van der Waals surface area contributed by atoms with Gasteiger partial charge in [0.2, 0.25) is 5.95 Å². The molecule has 2 heterocycles. The summed E-state index contributed by atoms with van der Waals surface area (Å²) in [4.78, 5) is 6.85. The van der Waals surface area contributed by atoms with Crippen molar-refractivity contribution < 1.29 is 0 Å². The lowest BCUT2D eigenvalue weighted by Crippen LogP contribution is -2.41. The van der Waals surface area contributed by atoms with Gasteiger partial charge in [-0.2, -0.15) is 5.10 Å². The van der Waals surface area contributed by atoms with Gasteiger partial charge in [0.05, 0.1) is 11.4 Å². The molecule has 1 saturated heterocycles. The zero-order valence-electron chi connectivity index (χ0n) is 13.2. The van der Waals surface area contributed by atoms with Crippen molar-refractivity contribution in [3.63, 3.8) is 0 Å². The number of nitrogens with one attached hydrogen (secondary N) is 1. The maximum Gasteiger partial charge on any atom is 0.245 e. The summed E-state index contributed by atoms with van der Waals surface area (Å²) >= 11 is 0. The highest BCUT2D eigenvalue weighted by molar-refractivity contribution is 5.30. The second-order valence-corrected chi connectivity index (χ2v) is 6.29.